The molecule has 33 heavy (non-hydrogen) atoms. The lowest BCUT2D eigenvalue weighted by molar-refractivity contribution is -0.141. The Labute approximate surface area is 196 Å². The highest BCUT2D eigenvalue weighted by atomic mass is 35.5. The molecule has 4 rings (SSSR count). The zero-order chi connectivity index (χ0) is 23.5. The molecule has 0 aromatic heterocycles. The SMILES string of the molecule is COc1ccc(-c2ccc(C(=O)N3C(c4ccccc4Cl)CC[C@H]3C(=O)O)cc2)c(C#N)c1. The van der Waals surface area contributed by atoms with E-state index in [-0.39, 0.29) is 5.91 Å². The quantitative estimate of drug-likeness (QED) is 0.556. The molecule has 0 bridgehead atoms. The van der Waals surface area contributed by atoms with Crippen molar-refractivity contribution in [2.24, 2.45) is 0 Å². The number of carboxylic acid groups (broad SMARTS) is 1. The molecule has 1 saturated heterocycles. The normalized spacial score (nSPS) is 17.4. The highest BCUT2D eigenvalue weighted by Crippen LogP contribution is 2.40. The summed E-state index contributed by atoms with van der Waals surface area (Å²) in [6, 6.07) is 20.1. The molecule has 2 atom stereocenters. The second-order valence-corrected chi connectivity index (χ2v) is 8.19. The molecule has 1 fully saturated rings. The minimum atomic E-state index is -1.04. The van der Waals surface area contributed by atoms with E-state index >= 15 is 0 Å². The third-order valence-electron chi connectivity index (χ3n) is 5.96. The van der Waals surface area contributed by atoms with Gasteiger partial charge in [0, 0.05) is 10.6 Å². The Morgan fingerprint density at radius 3 is 2.45 bits per heavy atom. The van der Waals surface area contributed by atoms with Crippen LogP contribution in [0.25, 0.3) is 11.1 Å². The molecule has 0 aliphatic carbocycles. The molecule has 1 aliphatic rings. The Hall–Kier alpha value is -3.82. The predicted octanol–water partition coefficient (Wildman–Crippen LogP) is 5.32. The van der Waals surface area contributed by atoms with Crippen LogP contribution in [0.4, 0.5) is 0 Å². The van der Waals surface area contributed by atoms with Crippen molar-refractivity contribution in [3.63, 3.8) is 0 Å². The average molecular weight is 461 g/mol. The van der Waals surface area contributed by atoms with E-state index in [2.05, 4.69) is 6.07 Å². The van der Waals surface area contributed by atoms with Gasteiger partial charge in [-0.3, -0.25) is 4.79 Å². The monoisotopic (exact) mass is 460 g/mol. The van der Waals surface area contributed by atoms with Crippen LogP contribution < -0.4 is 4.74 Å². The number of amides is 1. The maximum atomic E-state index is 13.5. The molecule has 3 aromatic carbocycles. The zero-order valence-electron chi connectivity index (χ0n) is 17.9. The number of methoxy groups -OCH3 is 1. The fourth-order valence-electron chi connectivity index (χ4n) is 4.32. The van der Waals surface area contributed by atoms with Crippen molar-refractivity contribution < 1.29 is 19.4 Å². The Balaban J connectivity index is 1.67. The molecule has 1 heterocycles. The molecule has 3 aromatic rings. The smallest absolute Gasteiger partial charge is 0.326 e. The maximum Gasteiger partial charge on any atom is 0.326 e. The number of ether oxygens (including phenoxy) is 1. The maximum absolute atomic E-state index is 13.5. The molecule has 6 nitrogen and oxygen atoms in total. The third-order valence-corrected chi connectivity index (χ3v) is 6.30. The van der Waals surface area contributed by atoms with Gasteiger partial charge in [-0.15, -0.1) is 0 Å². The van der Waals surface area contributed by atoms with Gasteiger partial charge in [-0.25, -0.2) is 4.79 Å². The first-order chi connectivity index (χ1) is 15.9. The lowest BCUT2D eigenvalue weighted by Crippen LogP contribution is -2.41. The van der Waals surface area contributed by atoms with Gasteiger partial charge in [-0.2, -0.15) is 5.26 Å². The van der Waals surface area contributed by atoms with E-state index in [9.17, 15) is 20.0 Å². The molecule has 1 aliphatic heterocycles. The van der Waals surface area contributed by atoms with Crippen molar-refractivity contribution in [2.45, 2.75) is 24.9 Å². The molecule has 1 unspecified atom stereocenters. The van der Waals surface area contributed by atoms with E-state index in [1.54, 1.807) is 54.6 Å². The Morgan fingerprint density at radius 1 is 1.09 bits per heavy atom. The number of hydrogen-bond acceptors (Lipinski definition) is 4. The summed E-state index contributed by atoms with van der Waals surface area (Å²) in [4.78, 5) is 26.8. The van der Waals surface area contributed by atoms with Crippen molar-refractivity contribution in [3.05, 3.63) is 88.4 Å². The topological polar surface area (TPSA) is 90.6 Å². The standard InChI is InChI=1S/C26H21ClN2O4/c1-33-19-10-11-20(18(14-19)15-28)16-6-8-17(9-7-16)25(30)29-23(12-13-24(29)26(31)32)21-4-2-3-5-22(21)27/h2-11,14,23-24H,12-13H2,1H3,(H,31,32)/t23?,24-/m0/s1. The lowest BCUT2D eigenvalue weighted by Gasteiger charge is -2.29. The van der Waals surface area contributed by atoms with Crippen LogP contribution in [-0.4, -0.2) is 35.0 Å². The van der Waals surface area contributed by atoms with Crippen LogP contribution in [0.2, 0.25) is 5.02 Å². The summed E-state index contributed by atoms with van der Waals surface area (Å²) < 4.78 is 5.18. The second-order valence-electron chi connectivity index (χ2n) is 7.78. The van der Waals surface area contributed by atoms with E-state index < -0.39 is 18.1 Å². The second kappa shape index (κ2) is 9.35. The van der Waals surface area contributed by atoms with Crippen molar-refractivity contribution in [3.8, 4) is 22.9 Å². The average Bonchev–Trinajstić information content (AvgIpc) is 3.29. The van der Waals surface area contributed by atoms with Gasteiger partial charge in [0.15, 0.2) is 0 Å². The van der Waals surface area contributed by atoms with Gasteiger partial charge < -0.3 is 14.7 Å². The molecule has 1 N–H and O–H groups in total. The van der Waals surface area contributed by atoms with Crippen LogP contribution in [0.3, 0.4) is 0 Å². The van der Waals surface area contributed by atoms with E-state index in [0.29, 0.717) is 34.7 Å². The summed E-state index contributed by atoms with van der Waals surface area (Å²) in [5.41, 5.74) is 3.05. The largest absolute Gasteiger partial charge is 0.497 e. The molecular formula is C26H21ClN2O4. The number of likely N-dealkylation sites (tertiary alicyclic amines) is 1. The van der Waals surface area contributed by atoms with E-state index in [0.717, 1.165) is 16.7 Å². The Morgan fingerprint density at radius 2 is 1.82 bits per heavy atom. The van der Waals surface area contributed by atoms with Gasteiger partial charge in [0.25, 0.3) is 5.91 Å². The summed E-state index contributed by atoms with van der Waals surface area (Å²) in [6.07, 6.45) is 0.869. The minimum Gasteiger partial charge on any atom is -0.497 e. The molecule has 0 spiro atoms. The fourth-order valence-corrected chi connectivity index (χ4v) is 4.59. The van der Waals surface area contributed by atoms with Gasteiger partial charge >= 0.3 is 5.97 Å². The number of aliphatic carboxylic acids is 1. The number of carbonyl (C=O) groups is 2. The molecule has 0 saturated carbocycles. The van der Waals surface area contributed by atoms with Crippen LogP contribution >= 0.6 is 11.6 Å². The van der Waals surface area contributed by atoms with Crippen LogP contribution in [0.5, 0.6) is 5.75 Å². The number of hydrogen-bond donors (Lipinski definition) is 1. The highest BCUT2D eigenvalue weighted by molar-refractivity contribution is 6.31. The lowest BCUT2D eigenvalue weighted by atomic mass is 9.98. The first-order valence-corrected chi connectivity index (χ1v) is 10.8. The van der Waals surface area contributed by atoms with Gasteiger partial charge in [0.05, 0.1) is 24.8 Å². The van der Waals surface area contributed by atoms with Crippen molar-refractivity contribution in [1.29, 1.82) is 5.26 Å². The van der Waals surface area contributed by atoms with Crippen molar-refractivity contribution in [1.82, 2.24) is 4.90 Å². The van der Waals surface area contributed by atoms with Crippen molar-refractivity contribution >= 4 is 23.5 Å². The van der Waals surface area contributed by atoms with Crippen molar-refractivity contribution in [2.75, 3.05) is 7.11 Å². The summed E-state index contributed by atoms with van der Waals surface area (Å²) in [7, 11) is 1.54. The molecular weight excluding hydrogens is 440 g/mol. The summed E-state index contributed by atoms with van der Waals surface area (Å²) in [5.74, 6) is -0.820. The number of nitrogens with zero attached hydrogens (tertiary/aromatic N) is 2. The first kappa shape index (κ1) is 22.4. The predicted molar refractivity (Wildman–Crippen MR) is 124 cm³/mol. The van der Waals surface area contributed by atoms with E-state index in [1.807, 2.05) is 12.1 Å². The van der Waals surface area contributed by atoms with Gasteiger partial charge in [0.2, 0.25) is 0 Å². The number of carbonyl (C=O) groups excluding carboxylic acids is 1. The van der Waals surface area contributed by atoms with Gasteiger partial charge in [0.1, 0.15) is 11.8 Å². The number of carboxylic acids is 1. The summed E-state index contributed by atoms with van der Waals surface area (Å²) in [5, 5.41) is 19.7. The molecule has 7 heteroatoms. The Kier molecular flexibility index (Phi) is 6.34. The molecule has 0 radical (unpaired) electrons. The van der Waals surface area contributed by atoms with Crippen LogP contribution in [0.1, 0.15) is 40.4 Å². The van der Waals surface area contributed by atoms with E-state index in [1.165, 1.54) is 12.0 Å². The van der Waals surface area contributed by atoms with Crippen LogP contribution in [0.15, 0.2) is 66.7 Å². The molecule has 1 amide bonds. The Bertz CT molecular complexity index is 1250. The number of rotatable bonds is 5. The first-order valence-electron chi connectivity index (χ1n) is 10.4. The highest BCUT2D eigenvalue weighted by Gasteiger charge is 2.42. The number of halogens is 1. The zero-order valence-corrected chi connectivity index (χ0v) is 18.6. The summed E-state index contributed by atoms with van der Waals surface area (Å²) >= 11 is 6.37. The van der Waals surface area contributed by atoms with Crippen LogP contribution in [0, 0.1) is 11.3 Å². The number of nitriles is 1. The van der Waals surface area contributed by atoms with Crippen LogP contribution in [-0.2, 0) is 4.79 Å². The van der Waals surface area contributed by atoms with Gasteiger partial charge in [-0.05, 0) is 65.9 Å². The summed E-state index contributed by atoms with van der Waals surface area (Å²) in [6.45, 7) is 0. The number of benzene rings is 3. The fraction of sp³-hybridized carbons (Fsp3) is 0.192. The van der Waals surface area contributed by atoms with E-state index in [4.69, 9.17) is 16.3 Å². The third kappa shape index (κ3) is 4.28. The van der Waals surface area contributed by atoms with Gasteiger partial charge in [-0.1, -0.05) is 41.9 Å². The molecule has 166 valence electrons. The minimum absolute atomic E-state index is 0.354.